The summed E-state index contributed by atoms with van der Waals surface area (Å²) in [4.78, 5) is 0. The van der Waals surface area contributed by atoms with Crippen molar-refractivity contribution in [2.75, 3.05) is 0 Å². The van der Waals surface area contributed by atoms with Crippen LogP contribution in [-0.2, 0) is 0 Å². The summed E-state index contributed by atoms with van der Waals surface area (Å²) < 4.78 is 0. The molecule has 5 heavy (non-hydrogen) atoms. The van der Waals surface area contributed by atoms with Crippen LogP contribution in [0.1, 0.15) is 0 Å². The van der Waals surface area contributed by atoms with E-state index in [0.29, 0.717) is 0 Å². The van der Waals surface area contributed by atoms with Gasteiger partial charge in [0, 0.05) is 0 Å². The zero-order chi connectivity index (χ0) is 3.58. The molecule has 0 fully saturated rings. The molecule has 0 unspecified atom stereocenters. The van der Waals surface area contributed by atoms with Gasteiger partial charge in [0.1, 0.15) is 0 Å². The molecule has 1 radical (unpaired) electrons. The third kappa shape index (κ3) is 30.6. The van der Waals surface area contributed by atoms with Crippen LogP contribution in [0.2, 0.25) is 0 Å². The summed E-state index contributed by atoms with van der Waals surface area (Å²) in [5.41, 5.74) is 0. The van der Waals surface area contributed by atoms with E-state index in [1.165, 1.54) is 0 Å². The molecule has 0 saturated heterocycles. The first-order valence-electron chi connectivity index (χ1n) is 0.707. The molecule has 0 N–H and O–H groups in total. The maximum Gasteiger partial charge on any atom is 3.00 e. The van der Waals surface area contributed by atoms with Gasteiger partial charge in [-0.2, -0.15) is 0 Å². The predicted molar refractivity (Wildman–Crippen MR) is 5.75 cm³/mol. The Morgan fingerprint density at radius 2 is 1.00 bits per heavy atom. The van der Waals surface area contributed by atoms with Crippen LogP contribution in [0.15, 0.2) is 0 Å². The van der Waals surface area contributed by atoms with Crippen LogP contribution in [0.4, 0.5) is 0 Å². The first-order valence-corrected chi connectivity index (χ1v) is 0.707. The Balaban J connectivity index is 0. The summed E-state index contributed by atoms with van der Waals surface area (Å²) in [5.74, 6) is 0. The van der Waals surface area contributed by atoms with Gasteiger partial charge >= 0.3 is 46.9 Å². The standard InChI is InChI=1S/BO3.Yb/c2-1(3)4;/q-3;+3. The van der Waals surface area contributed by atoms with Gasteiger partial charge in [-0.3, -0.25) is 7.32 Å². The van der Waals surface area contributed by atoms with Crippen LogP contribution >= 0.6 is 0 Å². The topological polar surface area (TPSA) is 69.2 Å². The van der Waals surface area contributed by atoms with E-state index < -0.39 is 7.32 Å². The molecule has 3 nitrogen and oxygen atoms in total. The molecular weight excluding hydrogens is 232 g/mol. The van der Waals surface area contributed by atoms with Gasteiger partial charge in [-0.1, -0.05) is 0 Å². The average Bonchev–Trinajstić information content (AvgIpc) is 0.811. The second kappa shape index (κ2) is 5.46. The van der Waals surface area contributed by atoms with Gasteiger partial charge in [-0.25, -0.2) is 0 Å². The molecule has 0 aliphatic carbocycles. The second-order valence-corrected chi connectivity index (χ2v) is 0.289. The predicted octanol–water partition coefficient (Wildman–Crippen LogP) is -3.95. The van der Waals surface area contributed by atoms with Gasteiger partial charge in [0.2, 0.25) is 0 Å². The number of hydrogen-bond acceptors (Lipinski definition) is 3. The molecule has 0 aromatic carbocycles. The zero-order valence-corrected chi connectivity index (χ0v) is 3.78. The first-order chi connectivity index (χ1) is 1.73. The van der Waals surface area contributed by atoms with Crippen LogP contribution in [0.5, 0.6) is 0 Å². The average molecular weight is 232 g/mol. The number of hydrogen-bond donors (Lipinski definition) is 0. The Morgan fingerprint density at radius 1 is 1.00 bits per heavy atom. The van der Waals surface area contributed by atoms with Crippen molar-refractivity contribution in [1.29, 1.82) is 0 Å². The van der Waals surface area contributed by atoms with E-state index in [-0.39, 0.29) is 46.9 Å². The van der Waals surface area contributed by atoms with Crippen molar-refractivity contribution in [2.45, 2.75) is 0 Å². The van der Waals surface area contributed by atoms with Crippen LogP contribution in [0, 0.1) is 46.9 Å². The van der Waals surface area contributed by atoms with Crippen LogP contribution in [0.25, 0.3) is 0 Å². The van der Waals surface area contributed by atoms with Gasteiger partial charge in [-0.05, 0) is 0 Å². The molecule has 5 heteroatoms. The molecule has 0 aliphatic rings. The van der Waals surface area contributed by atoms with E-state index in [2.05, 4.69) is 0 Å². The largest absolute Gasteiger partial charge is 3.00 e. The monoisotopic (exact) mass is 233 g/mol. The molecular formula is BO3Yb. The molecule has 0 aromatic rings. The quantitative estimate of drug-likeness (QED) is 0.400. The molecule has 0 bridgehead atoms. The van der Waals surface area contributed by atoms with Gasteiger partial charge in [-0.15, -0.1) is 0 Å². The summed E-state index contributed by atoms with van der Waals surface area (Å²) in [6, 6.07) is 0. The summed E-state index contributed by atoms with van der Waals surface area (Å²) in [6.07, 6.45) is 0. The summed E-state index contributed by atoms with van der Waals surface area (Å²) in [5, 5.41) is 25.2. The van der Waals surface area contributed by atoms with Crippen LogP contribution in [0.3, 0.4) is 0 Å². The molecule has 0 aromatic heterocycles. The molecule has 0 heterocycles. The first kappa shape index (κ1) is 9.68. The van der Waals surface area contributed by atoms with Gasteiger partial charge < -0.3 is 15.1 Å². The fourth-order valence-corrected chi connectivity index (χ4v) is 0. The van der Waals surface area contributed by atoms with Crippen molar-refractivity contribution in [1.82, 2.24) is 0 Å². The fourth-order valence-electron chi connectivity index (χ4n) is 0. The van der Waals surface area contributed by atoms with E-state index in [1.807, 2.05) is 0 Å². The minimum absolute atomic E-state index is 0. The fraction of sp³-hybridized carbons (Fsp3) is 0. The second-order valence-electron chi connectivity index (χ2n) is 0.289. The van der Waals surface area contributed by atoms with Crippen molar-refractivity contribution in [3.05, 3.63) is 0 Å². The van der Waals surface area contributed by atoms with E-state index in [1.54, 1.807) is 0 Å². The van der Waals surface area contributed by atoms with E-state index >= 15 is 0 Å². The van der Waals surface area contributed by atoms with Gasteiger partial charge in [0.15, 0.2) is 0 Å². The van der Waals surface area contributed by atoms with E-state index in [9.17, 15) is 0 Å². The van der Waals surface area contributed by atoms with Crippen LogP contribution < -0.4 is 15.1 Å². The Morgan fingerprint density at radius 3 is 1.00 bits per heavy atom. The maximum atomic E-state index is 8.42. The van der Waals surface area contributed by atoms with Crippen molar-refractivity contribution >= 4 is 7.32 Å². The van der Waals surface area contributed by atoms with Gasteiger partial charge in [0.25, 0.3) is 0 Å². The molecule has 0 spiro atoms. The molecule has 0 rings (SSSR count). The maximum absolute atomic E-state index is 8.42. The Labute approximate surface area is 68.4 Å². The molecule has 0 amide bonds. The van der Waals surface area contributed by atoms with E-state index in [0.717, 1.165) is 0 Å². The van der Waals surface area contributed by atoms with Crippen molar-refractivity contribution in [2.24, 2.45) is 0 Å². The summed E-state index contributed by atoms with van der Waals surface area (Å²) in [7, 11) is -2.92. The van der Waals surface area contributed by atoms with Crippen molar-refractivity contribution in [3.8, 4) is 0 Å². The third-order valence-electron chi connectivity index (χ3n) is 0. The minimum atomic E-state index is -2.92. The molecule has 0 atom stereocenters. The summed E-state index contributed by atoms with van der Waals surface area (Å²) >= 11 is 0. The van der Waals surface area contributed by atoms with Gasteiger partial charge in [0.05, 0.1) is 0 Å². The third-order valence-corrected chi connectivity index (χ3v) is 0. The smallest absolute Gasteiger partial charge is 0.907 e. The number of rotatable bonds is 0. The van der Waals surface area contributed by atoms with Crippen LogP contribution in [-0.4, -0.2) is 7.32 Å². The normalized spacial score (nSPS) is 5.40. The van der Waals surface area contributed by atoms with E-state index in [4.69, 9.17) is 15.1 Å². The molecule has 0 saturated carbocycles. The minimum Gasteiger partial charge on any atom is -0.907 e. The SMILES string of the molecule is [O-]B([O-])[O-].[Yb+3]. The Kier molecular flexibility index (Phi) is 10.6. The summed E-state index contributed by atoms with van der Waals surface area (Å²) in [6.45, 7) is 0. The molecule has 35 valence electrons. The Hall–Kier alpha value is 1.46. The van der Waals surface area contributed by atoms with Crippen molar-refractivity contribution in [3.63, 3.8) is 0 Å². The van der Waals surface area contributed by atoms with Crippen molar-refractivity contribution < 1.29 is 62.0 Å². The molecule has 0 aliphatic heterocycles. The zero-order valence-electron chi connectivity index (χ0n) is 2.07. The Bertz CT molecular complexity index is 11.6.